The van der Waals surface area contributed by atoms with Crippen molar-refractivity contribution in [1.29, 1.82) is 0 Å². The van der Waals surface area contributed by atoms with E-state index in [1.165, 1.54) is 38.9 Å². The predicted octanol–water partition coefficient (Wildman–Crippen LogP) is 17.6. The summed E-state index contributed by atoms with van der Waals surface area (Å²) in [4.78, 5) is 16.3. The third-order valence-electron chi connectivity index (χ3n) is 14.7. The molecule has 14 rings (SSSR count). The second kappa shape index (κ2) is 18.6. The molecule has 0 radical (unpaired) electrons. The quantitative estimate of drug-likeness (QED) is 0.135. The highest BCUT2D eigenvalue weighted by Crippen LogP contribution is 2.46. The fraction of sp³-hybridized carbons (Fsp3) is 0.0429. The van der Waals surface area contributed by atoms with Gasteiger partial charge in [0.05, 0.1) is 11.2 Å². The molecule has 0 bridgehead atoms. The van der Waals surface area contributed by atoms with Gasteiger partial charge in [0.1, 0.15) is 11.2 Å². The third kappa shape index (κ3) is 7.97. The van der Waals surface area contributed by atoms with Crippen molar-refractivity contribution < 1.29 is 4.42 Å². The van der Waals surface area contributed by atoms with Crippen molar-refractivity contribution in [1.82, 2.24) is 19.5 Å². The van der Waals surface area contributed by atoms with Gasteiger partial charge in [-0.15, -0.1) is 0 Å². The Kier molecular flexibility index (Phi) is 10.9. The van der Waals surface area contributed by atoms with E-state index < -0.39 is 0 Å². The number of para-hydroxylation sites is 1. The van der Waals surface area contributed by atoms with Crippen LogP contribution in [-0.2, 0) is 6.42 Å². The zero-order chi connectivity index (χ0) is 49.7. The highest BCUT2D eigenvalue weighted by atomic mass is 16.3. The summed E-state index contributed by atoms with van der Waals surface area (Å²) in [5, 5.41) is 3.19. The molecule has 0 atom stereocenters. The number of benzene rings is 9. The summed E-state index contributed by atoms with van der Waals surface area (Å²) in [5.41, 5.74) is 20.6. The van der Waals surface area contributed by atoms with Crippen molar-refractivity contribution in [3.63, 3.8) is 0 Å². The van der Waals surface area contributed by atoms with Crippen LogP contribution in [0.15, 0.2) is 241 Å². The molecule has 5 nitrogen and oxygen atoms in total. The van der Waals surface area contributed by atoms with E-state index in [0.29, 0.717) is 23.9 Å². The van der Waals surface area contributed by atoms with E-state index in [1.54, 1.807) is 0 Å². The normalized spacial score (nSPS) is 13.0. The highest BCUT2D eigenvalue weighted by molar-refractivity contribution is 6.12. The first-order chi connectivity index (χ1) is 37.2. The Morgan fingerprint density at radius 3 is 1.79 bits per heavy atom. The molecular formula is C70H46N4O. The molecular weight excluding hydrogens is 913 g/mol. The van der Waals surface area contributed by atoms with Gasteiger partial charge in [0.2, 0.25) is 0 Å². The van der Waals surface area contributed by atoms with Crippen molar-refractivity contribution in [2.24, 2.45) is 0 Å². The second-order valence-electron chi connectivity index (χ2n) is 19.2. The second-order valence-corrected chi connectivity index (χ2v) is 19.2. The van der Waals surface area contributed by atoms with Crippen LogP contribution in [0, 0.1) is 11.8 Å². The molecule has 75 heavy (non-hydrogen) atoms. The number of hydrogen-bond acceptors (Lipinski definition) is 4. The lowest BCUT2D eigenvalue weighted by atomic mass is 9.89. The lowest BCUT2D eigenvalue weighted by Crippen LogP contribution is -2.10. The molecule has 3 heterocycles. The standard InChI is InChI=1S/C70H46N4O/c1-2-8-27-50(26-7-1)58-44-55(69-71-68(52-36-34-49(35-37-52)46-20-9-3-10-21-46)72-70(73-69)57-31-19-33-65-66(57)56-30-17-18-32-64(56)75-65)45-59(51-28-15-6-16-29-51)67(58)74-62-40-38-53(47-22-11-4-12-23-47)42-60(62)61-43-54(39-41-63(61)74)48-24-13-5-14-25-48/h1,3-7,9-26,28-38,40,42-45H,27,39,41H2. The van der Waals surface area contributed by atoms with Gasteiger partial charge < -0.3 is 8.98 Å². The number of rotatable bonds is 9. The van der Waals surface area contributed by atoms with Crippen LogP contribution in [0.1, 0.15) is 35.2 Å². The molecule has 5 heteroatoms. The summed E-state index contributed by atoms with van der Waals surface area (Å²) >= 11 is 0. The molecule has 9 aromatic carbocycles. The topological polar surface area (TPSA) is 56.7 Å². The van der Waals surface area contributed by atoms with Crippen LogP contribution in [0.3, 0.4) is 0 Å². The largest absolute Gasteiger partial charge is 0.456 e. The summed E-state index contributed by atoms with van der Waals surface area (Å²) in [6, 6.07) is 77.2. The van der Waals surface area contributed by atoms with Gasteiger partial charge in [-0.2, -0.15) is 0 Å². The number of allylic oxidation sites excluding steroid dienone is 5. The fourth-order valence-corrected chi connectivity index (χ4v) is 11.1. The van der Waals surface area contributed by atoms with Crippen molar-refractivity contribution in [3.8, 4) is 85.1 Å². The first-order valence-electron chi connectivity index (χ1n) is 25.6. The average Bonchev–Trinajstić information content (AvgIpc) is 3.90. The first-order valence-corrected chi connectivity index (χ1v) is 25.6. The molecule has 352 valence electrons. The molecule has 0 amide bonds. The first kappa shape index (κ1) is 43.9. The molecule has 0 saturated heterocycles. The summed E-state index contributed by atoms with van der Waals surface area (Å²) in [6.07, 6.45) is 11.0. The minimum atomic E-state index is 0.562. The highest BCUT2D eigenvalue weighted by Gasteiger charge is 2.28. The molecule has 2 aliphatic carbocycles. The SMILES string of the molecule is C1#CCC(c2cc(-c3nc(-c4ccc(-c5ccccc5)cc4)nc(-c4cccc5oc6ccccc6c45)n3)cc(-c3ccccc3)c2-n2c3c(c4cc(-c5ccccc5)ccc42)C=C(c2ccccc2)CC3)=CC=C1. The number of furan rings is 1. The Labute approximate surface area is 435 Å². The maximum Gasteiger partial charge on any atom is 0.164 e. The van der Waals surface area contributed by atoms with Gasteiger partial charge in [0, 0.05) is 61.7 Å². The zero-order valence-corrected chi connectivity index (χ0v) is 40.9. The lowest BCUT2D eigenvalue weighted by Gasteiger charge is -2.24. The average molecular weight is 959 g/mol. The molecule has 0 spiro atoms. The van der Waals surface area contributed by atoms with Gasteiger partial charge in [-0.3, -0.25) is 0 Å². The van der Waals surface area contributed by atoms with Gasteiger partial charge in [-0.1, -0.05) is 206 Å². The Bertz CT molecular complexity index is 4340. The van der Waals surface area contributed by atoms with Crippen LogP contribution < -0.4 is 0 Å². The van der Waals surface area contributed by atoms with Crippen molar-refractivity contribution in [2.45, 2.75) is 19.3 Å². The van der Waals surface area contributed by atoms with Gasteiger partial charge in [0.25, 0.3) is 0 Å². The monoisotopic (exact) mass is 958 g/mol. The molecule has 2 aliphatic rings. The Morgan fingerprint density at radius 1 is 0.427 bits per heavy atom. The van der Waals surface area contributed by atoms with E-state index in [0.717, 1.165) is 96.1 Å². The molecule has 0 N–H and O–H groups in total. The van der Waals surface area contributed by atoms with Crippen molar-refractivity contribution in [2.75, 3.05) is 0 Å². The zero-order valence-electron chi connectivity index (χ0n) is 40.9. The molecule has 3 aromatic heterocycles. The molecule has 0 saturated carbocycles. The predicted molar refractivity (Wildman–Crippen MR) is 309 cm³/mol. The molecule has 0 fully saturated rings. The van der Waals surface area contributed by atoms with E-state index in [2.05, 4.69) is 217 Å². The van der Waals surface area contributed by atoms with Crippen LogP contribution in [0.2, 0.25) is 0 Å². The summed E-state index contributed by atoms with van der Waals surface area (Å²) in [5.74, 6) is 8.44. The maximum atomic E-state index is 6.43. The van der Waals surface area contributed by atoms with Gasteiger partial charge in [-0.05, 0) is 106 Å². The molecule has 0 unspecified atom stereocenters. The number of fused-ring (bicyclic) bond motifs is 6. The summed E-state index contributed by atoms with van der Waals surface area (Å²) < 4.78 is 8.99. The van der Waals surface area contributed by atoms with Gasteiger partial charge in [-0.25, -0.2) is 15.0 Å². The van der Waals surface area contributed by atoms with Gasteiger partial charge >= 0.3 is 0 Å². The van der Waals surface area contributed by atoms with Gasteiger partial charge in [0.15, 0.2) is 17.5 Å². The van der Waals surface area contributed by atoms with Crippen molar-refractivity contribution >= 4 is 50.1 Å². The summed E-state index contributed by atoms with van der Waals surface area (Å²) in [6.45, 7) is 0. The minimum Gasteiger partial charge on any atom is -0.456 e. The van der Waals surface area contributed by atoms with Crippen LogP contribution in [0.5, 0.6) is 0 Å². The van der Waals surface area contributed by atoms with E-state index in [9.17, 15) is 0 Å². The Hall–Kier alpha value is -9.89. The Morgan fingerprint density at radius 2 is 1.03 bits per heavy atom. The van der Waals surface area contributed by atoms with E-state index in [1.807, 2.05) is 42.5 Å². The minimum absolute atomic E-state index is 0.562. The fourth-order valence-electron chi connectivity index (χ4n) is 11.1. The lowest BCUT2D eigenvalue weighted by molar-refractivity contribution is 0.669. The molecule has 0 aliphatic heterocycles. The van der Waals surface area contributed by atoms with E-state index >= 15 is 0 Å². The third-order valence-corrected chi connectivity index (χ3v) is 14.7. The van der Waals surface area contributed by atoms with Crippen molar-refractivity contribution in [3.05, 3.63) is 259 Å². The Balaban J connectivity index is 1.05. The van der Waals surface area contributed by atoms with E-state index in [-0.39, 0.29) is 0 Å². The summed E-state index contributed by atoms with van der Waals surface area (Å²) in [7, 11) is 0. The molecule has 12 aromatic rings. The van der Waals surface area contributed by atoms with Crippen LogP contribution in [0.25, 0.3) is 123 Å². The van der Waals surface area contributed by atoms with E-state index in [4.69, 9.17) is 19.4 Å². The number of nitrogens with zero attached hydrogens (tertiary/aromatic N) is 4. The maximum absolute atomic E-state index is 6.43. The number of hydrogen-bond donors (Lipinski definition) is 0. The van der Waals surface area contributed by atoms with Crippen LogP contribution in [0.4, 0.5) is 0 Å². The van der Waals surface area contributed by atoms with Crippen LogP contribution >= 0.6 is 0 Å². The van der Waals surface area contributed by atoms with Crippen LogP contribution in [-0.4, -0.2) is 19.5 Å². The number of aromatic nitrogens is 4. The smallest absolute Gasteiger partial charge is 0.164 e.